The maximum Gasteiger partial charge on any atom is 0.123 e. The molecule has 0 N–H and O–H groups in total. The largest absolute Gasteiger partial charge is 0.356 e. The van der Waals surface area contributed by atoms with E-state index >= 15 is 0 Å². The van der Waals surface area contributed by atoms with Gasteiger partial charge in [-0.15, -0.1) is 5.73 Å². The number of halogens is 1. The van der Waals surface area contributed by atoms with Gasteiger partial charge in [0.2, 0.25) is 0 Å². The molecule has 158 valence electrons. The van der Waals surface area contributed by atoms with Gasteiger partial charge in [-0.2, -0.15) is 0 Å². The van der Waals surface area contributed by atoms with Gasteiger partial charge in [-0.25, -0.2) is 4.39 Å². The van der Waals surface area contributed by atoms with Gasteiger partial charge in [-0.3, -0.25) is 0 Å². The number of piperazine rings is 1. The van der Waals surface area contributed by atoms with Crippen LogP contribution in [0.3, 0.4) is 0 Å². The number of allylic oxidation sites excluding steroid dienone is 4. The third-order valence-corrected chi connectivity index (χ3v) is 6.22. The summed E-state index contributed by atoms with van der Waals surface area (Å²) in [6.07, 6.45) is 7.07. The van der Waals surface area contributed by atoms with Crippen molar-refractivity contribution in [1.29, 1.82) is 0 Å². The molecule has 2 aliphatic rings. The molecule has 1 fully saturated rings. The van der Waals surface area contributed by atoms with Gasteiger partial charge in [0.05, 0.1) is 5.70 Å². The van der Waals surface area contributed by atoms with Crippen LogP contribution in [0.25, 0.3) is 0 Å². The first kappa shape index (κ1) is 21.9. The summed E-state index contributed by atoms with van der Waals surface area (Å²) in [7, 11) is 0. The second-order valence-corrected chi connectivity index (χ2v) is 8.42. The second-order valence-electron chi connectivity index (χ2n) is 8.42. The van der Waals surface area contributed by atoms with Crippen LogP contribution < -0.4 is 0 Å². The first-order valence-corrected chi connectivity index (χ1v) is 10.8. The molecule has 0 aliphatic carbocycles. The summed E-state index contributed by atoms with van der Waals surface area (Å²) >= 11 is 0. The molecule has 1 saturated heterocycles. The molecule has 2 unspecified atom stereocenters. The van der Waals surface area contributed by atoms with Gasteiger partial charge in [0, 0.05) is 30.4 Å². The fourth-order valence-corrected chi connectivity index (χ4v) is 4.75. The van der Waals surface area contributed by atoms with Gasteiger partial charge in [0.1, 0.15) is 11.5 Å². The quantitative estimate of drug-likeness (QED) is 0.504. The van der Waals surface area contributed by atoms with Gasteiger partial charge < -0.3 is 9.80 Å². The van der Waals surface area contributed by atoms with Crippen LogP contribution in [0.15, 0.2) is 84.1 Å². The van der Waals surface area contributed by atoms with E-state index in [0.717, 1.165) is 58.6 Å². The predicted molar refractivity (Wildman–Crippen MR) is 124 cm³/mol. The van der Waals surface area contributed by atoms with E-state index in [-0.39, 0.29) is 5.82 Å². The average Bonchev–Trinajstić information content (AvgIpc) is 2.70. The molecule has 2 atom stereocenters. The molecule has 2 heterocycles. The molecule has 30 heavy (non-hydrogen) atoms. The van der Waals surface area contributed by atoms with E-state index in [1.54, 1.807) is 6.07 Å². The zero-order valence-electron chi connectivity index (χ0n) is 18.8. The number of hydrogen-bond donors (Lipinski definition) is 0. The summed E-state index contributed by atoms with van der Waals surface area (Å²) in [5, 5.41) is 0. The lowest BCUT2D eigenvalue weighted by atomic mass is 9.86. The number of fused-ring (bicyclic) bond motifs is 1. The Morgan fingerprint density at radius 1 is 1.37 bits per heavy atom. The number of nitrogens with zero attached hydrogens (tertiary/aromatic N) is 2. The van der Waals surface area contributed by atoms with Gasteiger partial charge in [-0.05, 0) is 68.0 Å². The van der Waals surface area contributed by atoms with E-state index in [2.05, 4.69) is 62.2 Å². The van der Waals surface area contributed by atoms with Crippen molar-refractivity contribution in [3.05, 3.63) is 101 Å². The molecule has 2 aliphatic heterocycles. The minimum Gasteiger partial charge on any atom is -0.356 e. The summed E-state index contributed by atoms with van der Waals surface area (Å²) in [6, 6.07) is 5.73. The second kappa shape index (κ2) is 8.93. The molecule has 0 bridgehead atoms. The van der Waals surface area contributed by atoms with E-state index in [4.69, 9.17) is 0 Å². The summed E-state index contributed by atoms with van der Waals surface area (Å²) in [6.45, 7) is 22.1. The summed E-state index contributed by atoms with van der Waals surface area (Å²) in [5.41, 5.74) is 10.5. The van der Waals surface area contributed by atoms with Gasteiger partial charge >= 0.3 is 0 Å². The van der Waals surface area contributed by atoms with Crippen LogP contribution in [-0.2, 0) is 6.42 Å². The molecule has 3 heteroatoms. The number of aryl methyl sites for hydroxylation is 1. The van der Waals surface area contributed by atoms with Crippen molar-refractivity contribution < 1.29 is 4.39 Å². The van der Waals surface area contributed by atoms with Crippen molar-refractivity contribution in [3.63, 3.8) is 0 Å². The maximum absolute atomic E-state index is 13.5. The first-order chi connectivity index (χ1) is 14.3. The SMILES string of the molecule is C=C=C1C2=C(C=C)C(=C)C(Cc3ccc(F)cc3C)=CN2CC(C)N1C(C)CCC. The van der Waals surface area contributed by atoms with Gasteiger partial charge in [0.15, 0.2) is 0 Å². The lowest BCUT2D eigenvalue weighted by molar-refractivity contribution is 0.140. The highest BCUT2D eigenvalue weighted by atomic mass is 19.1. The molecule has 1 aromatic rings. The van der Waals surface area contributed by atoms with Crippen molar-refractivity contribution in [2.24, 2.45) is 0 Å². The van der Waals surface area contributed by atoms with Crippen molar-refractivity contribution in [2.45, 2.75) is 59.0 Å². The lowest BCUT2D eigenvalue weighted by Crippen LogP contribution is -2.51. The highest BCUT2D eigenvalue weighted by molar-refractivity contribution is 5.60. The molecule has 2 nitrogen and oxygen atoms in total. The van der Waals surface area contributed by atoms with Gasteiger partial charge in [0.25, 0.3) is 0 Å². The Morgan fingerprint density at radius 3 is 2.70 bits per heavy atom. The molecular formula is C27H33FN2. The molecule has 0 amide bonds. The van der Waals surface area contributed by atoms with Crippen molar-refractivity contribution in [3.8, 4) is 0 Å². The van der Waals surface area contributed by atoms with Gasteiger partial charge in [-0.1, -0.05) is 45.2 Å². The maximum atomic E-state index is 13.5. The van der Waals surface area contributed by atoms with Crippen molar-refractivity contribution in [1.82, 2.24) is 9.80 Å². The normalized spacial score (nSPS) is 20.0. The van der Waals surface area contributed by atoms with Crippen LogP contribution in [0, 0.1) is 12.7 Å². The van der Waals surface area contributed by atoms with Crippen LogP contribution in [0.2, 0.25) is 0 Å². The predicted octanol–water partition coefficient (Wildman–Crippen LogP) is 6.43. The Balaban J connectivity index is 2.02. The Hall–Kier alpha value is -2.77. The van der Waals surface area contributed by atoms with Crippen LogP contribution >= 0.6 is 0 Å². The molecule has 0 radical (unpaired) electrons. The monoisotopic (exact) mass is 404 g/mol. The summed E-state index contributed by atoms with van der Waals surface area (Å²) < 4.78 is 13.5. The Labute approximate surface area is 181 Å². The highest BCUT2D eigenvalue weighted by Gasteiger charge is 2.36. The van der Waals surface area contributed by atoms with Crippen molar-refractivity contribution >= 4 is 0 Å². The number of hydrogen-bond acceptors (Lipinski definition) is 2. The Kier molecular flexibility index (Phi) is 6.53. The smallest absolute Gasteiger partial charge is 0.123 e. The molecule has 0 spiro atoms. The molecule has 3 rings (SSSR count). The molecule has 1 aromatic carbocycles. The topological polar surface area (TPSA) is 6.48 Å². The fraction of sp³-hybridized carbons (Fsp3) is 0.370. The van der Waals surface area contributed by atoms with Crippen molar-refractivity contribution in [2.75, 3.05) is 6.54 Å². The van der Waals surface area contributed by atoms with E-state index < -0.39 is 0 Å². The van der Waals surface area contributed by atoms with Crippen LogP contribution in [0.5, 0.6) is 0 Å². The minimum atomic E-state index is -0.200. The summed E-state index contributed by atoms with van der Waals surface area (Å²) in [4.78, 5) is 4.75. The third-order valence-electron chi connectivity index (χ3n) is 6.22. The average molecular weight is 405 g/mol. The first-order valence-electron chi connectivity index (χ1n) is 10.8. The lowest BCUT2D eigenvalue weighted by Gasteiger charge is -2.48. The standard InChI is InChI=1S/C27H33FN2/c1-8-11-19(5)30-20(6)16-29-17-23(15-22-12-13-24(28)14-18(22)4)21(7)25(9-2)27(29)26(30)10-3/h9,12-14,17,19-20H,2-3,7-8,11,15-16H2,1,4-6H3. The van der Waals surface area contributed by atoms with E-state index in [1.165, 1.54) is 6.07 Å². The van der Waals surface area contributed by atoms with Crippen LogP contribution in [-0.4, -0.2) is 28.4 Å². The number of benzene rings is 1. The Bertz CT molecular complexity index is 975. The molecular weight excluding hydrogens is 371 g/mol. The van der Waals surface area contributed by atoms with Crippen LogP contribution in [0.1, 0.15) is 44.7 Å². The molecule has 0 saturated carbocycles. The van der Waals surface area contributed by atoms with E-state index in [0.29, 0.717) is 18.5 Å². The zero-order chi connectivity index (χ0) is 22.0. The fourth-order valence-electron chi connectivity index (χ4n) is 4.75. The van der Waals surface area contributed by atoms with Crippen LogP contribution in [0.4, 0.5) is 4.39 Å². The number of rotatable bonds is 6. The third kappa shape index (κ3) is 3.95. The zero-order valence-corrected chi connectivity index (χ0v) is 18.8. The molecule has 0 aromatic heterocycles. The summed E-state index contributed by atoms with van der Waals surface area (Å²) in [5.74, 6) is -0.200. The highest BCUT2D eigenvalue weighted by Crippen LogP contribution is 2.40. The minimum absolute atomic E-state index is 0.200. The van der Waals surface area contributed by atoms with E-state index in [9.17, 15) is 4.39 Å². The van der Waals surface area contributed by atoms with E-state index in [1.807, 2.05) is 19.1 Å². The Morgan fingerprint density at radius 2 is 2.10 bits per heavy atom.